The van der Waals surface area contributed by atoms with Gasteiger partial charge in [-0.05, 0) is 0 Å². The molecule has 0 bridgehead atoms. The van der Waals surface area contributed by atoms with Crippen molar-refractivity contribution in [2.45, 2.75) is 5.37 Å². The Morgan fingerprint density at radius 2 is 2.11 bits per heavy atom. The van der Waals surface area contributed by atoms with Crippen molar-refractivity contribution in [1.29, 1.82) is 0 Å². The number of thioether (sulfide) groups is 2. The van der Waals surface area contributed by atoms with E-state index in [2.05, 4.69) is 0 Å². The highest BCUT2D eigenvalue weighted by molar-refractivity contribution is 8.01. The Bertz CT molecular complexity index is 422. The van der Waals surface area contributed by atoms with Crippen LogP contribution in [0.4, 0.5) is 0 Å². The second kappa shape index (κ2) is 6.67. The number of carboxylic acid groups (broad SMARTS) is 1. The molecule has 0 aromatic heterocycles. The van der Waals surface area contributed by atoms with E-state index in [1.165, 1.54) is 16.7 Å². The van der Waals surface area contributed by atoms with Crippen LogP contribution in [0.15, 0.2) is 0 Å². The van der Waals surface area contributed by atoms with Crippen molar-refractivity contribution in [3.63, 3.8) is 0 Å². The Morgan fingerprint density at radius 1 is 1.44 bits per heavy atom. The molecule has 104 valence electrons. The lowest BCUT2D eigenvalue weighted by atomic mass is 10.4. The second-order valence-corrected chi connectivity index (χ2v) is 8.17. The van der Waals surface area contributed by atoms with Crippen LogP contribution in [0.5, 0.6) is 0 Å². The van der Waals surface area contributed by atoms with Gasteiger partial charge in [-0.1, -0.05) is 0 Å². The summed E-state index contributed by atoms with van der Waals surface area (Å²) in [6, 6.07) is 0. The zero-order valence-corrected chi connectivity index (χ0v) is 12.3. The molecule has 0 aliphatic carbocycles. The van der Waals surface area contributed by atoms with Gasteiger partial charge in [0, 0.05) is 24.3 Å². The van der Waals surface area contributed by atoms with Crippen LogP contribution in [0, 0.1) is 0 Å². The van der Waals surface area contributed by atoms with Gasteiger partial charge >= 0.3 is 5.97 Å². The molecule has 1 heterocycles. The number of rotatable bonds is 5. The van der Waals surface area contributed by atoms with E-state index in [9.17, 15) is 18.0 Å². The van der Waals surface area contributed by atoms with E-state index in [1.54, 1.807) is 0 Å². The number of carbonyl (C=O) groups excluding carboxylic acids is 1. The summed E-state index contributed by atoms with van der Waals surface area (Å²) in [6.45, 7) is 0.398. The monoisotopic (exact) mass is 313 g/mol. The Balaban J connectivity index is 2.61. The van der Waals surface area contributed by atoms with Gasteiger partial charge in [-0.2, -0.15) is 11.8 Å². The third kappa shape index (κ3) is 4.69. The number of hydrogen-bond acceptors (Lipinski definition) is 6. The zero-order valence-electron chi connectivity index (χ0n) is 9.87. The first-order valence-corrected chi connectivity index (χ1v) is 9.44. The molecule has 1 fully saturated rings. The van der Waals surface area contributed by atoms with E-state index in [4.69, 9.17) is 5.11 Å². The summed E-state index contributed by atoms with van der Waals surface area (Å²) in [6.07, 6.45) is 1.12. The molecule has 18 heavy (non-hydrogen) atoms. The second-order valence-electron chi connectivity index (χ2n) is 3.83. The largest absolute Gasteiger partial charge is 0.481 e. The average Bonchev–Trinajstić information content (AvgIpc) is 2.27. The van der Waals surface area contributed by atoms with E-state index in [-0.39, 0.29) is 17.4 Å². The Labute approximate surface area is 114 Å². The summed E-state index contributed by atoms with van der Waals surface area (Å²) >= 11 is 2.49. The van der Waals surface area contributed by atoms with Gasteiger partial charge in [0.15, 0.2) is 9.84 Å². The van der Waals surface area contributed by atoms with Gasteiger partial charge in [0.1, 0.15) is 5.37 Å². The van der Waals surface area contributed by atoms with Crippen molar-refractivity contribution < 1.29 is 23.1 Å². The van der Waals surface area contributed by atoms with Crippen LogP contribution in [0.1, 0.15) is 0 Å². The van der Waals surface area contributed by atoms with Gasteiger partial charge < -0.3 is 10.0 Å². The average molecular weight is 313 g/mol. The first kappa shape index (κ1) is 15.6. The topological polar surface area (TPSA) is 91.8 Å². The normalized spacial score (nSPS) is 20.7. The Hall–Kier alpha value is -0.410. The predicted molar refractivity (Wildman–Crippen MR) is 72.6 cm³/mol. The number of sulfone groups is 1. The van der Waals surface area contributed by atoms with Crippen molar-refractivity contribution in [2.24, 2.45) is 0 Å². The van der Waals surface area contributed by atoms with Crippen molar-refractivity contribution in [3.8, 4) is 0 Å². The molecule has 0 spiro atoms. The van der Waals surface area contributed by atoms with Crippen molar-refractivity contribution in [2.75, 3.05) is 35.8 Å². The minimum Gasteiger partial charge on any atom is -0.481 e. The van der Waals surface area contributed by atoms with E-state index in [0.29, 0.717) is 18.1 Å². The maximum Gasteiger partial charge on any atom is 0.313 e. The maximum absolute atomic E-state index is 11.9. The lowest BCUT2D eigenvalue weighted by molar-refractivity contribution is -0.133. The van der Waals surface area contributed by atoms with Gasteiger partial charge in [-0.25, -0.2) is 8.42 Å². The number of hydrogen-bond donors (Lipinski definition) is 1. The number of amides is 1. The molecule has 1 amide bonds. The fraction of sp³-hybridized carbons (Fsp3) is 0.778. The predicted octanol–water partition coefficient (Wildman–Crippen LogP) is -0.250. The summed E-state index contributed by atoms with van der Waals surface area (Å²) < 4.78 is 23.2. The molecular formula is C9H15NO5S3. The molecule has 6 nitrogen and oxygen atoms in total. The molecule has 0 saturated carbocycles. The highest BCUT2D eigenvalue weighted by Crippen LogP contribution is 2.21. The van der Waals surface area contributed by atoms with E-state index < -0.39 is 21.2 Å². The highest BCUT2D eigenvalue weighted by atomic mass is 32.2. The first-order valence-electron chi connectivity index (χ1n) is 5.18. The van der Waals surface area contributed by atoms with Crippen LogP contribution in [0.2, 0.25) is 0 Å². The Kier molecular flexibility index (Phi) is 5.80. The van der Waals surface area contributed by atoms with Crippen LogP contribution >= 0.6 is 23.5 Å². The van der Waals surface area contributed by atoms with Crippen molar-refractivity contribution in [3.05, 3.63) is 0 Å². The smallest absolute Gasteiger partial charge is 0.313 e. The number of carboxylic acids is 1. The molecule has 0 aromatic rings. The van der Waals surface area contributed by atoms with Gasteiger partial charge in [0.05, 0.1) is 11.5 Å². The fourth-order valence-corrected chi connectivity index (χ4v) is 4.98. The zero-order chi connectivity index (χ0) is 13.8. The fourth-order valence-electron chi connectivity index (χ4n) is 1.53. The third-order valence-corrected chi connectivity index (χ3v) is 5.90. The summed E-state index contributed by atoms with van der Waals surface area (Å²) in [5, 5.41) is 7.69. The quantitative estimate of drug-likeness (QED) is 0.748. The van der Waals surface area contributed by atoms with Gasteiger partial charge in [-0.3, -0.25) is 9.59 Å². The molecule has 0 aromatic carbocycles. The molecule has 1 aliphatic rings. The number of aliphatic carboxylic acids is 1. The molecule has 0 radical (unpaired) electrons. The van der Waals surface area contributed by atoms with Gasteiger partial charge in [-0.15, -0.1) is 11.8 Å². The SMILES string of the molecule is CS(=O)(=O)C1CSCCN1C(=O)CSCC(=O)O. The minimum atomic E-state index is -3.30. The number of nitrogens with zero attached hydrogens (tertiary/aromatic N) is 1. The van der Waals surface area contributed by atoms with Crippen LogP contribution in [-0.4, -0.2) is 71.5 Å². The third-order valence-electron chi connectivity index (χ3n) is 2.35. The molecule has 9 heteroatoms. The summed E-state index contributed by atoms with van der Waals surface area (Å²) in [4.78, 5) is 23.6. The van der Waals surface area contributed by atoms with E-state index >= 15 is 0 Å². The van der Waals surface area contributed by atoms with E-state index in [0.717, 1.165) is 18.0 Å². The molecule has 1 saturated heterocycles. The molecule has 1 atom stereocenters. The summed E-state index contributed by atoms with van der Waals surface area (Å²) in [7, 11) is -3.30. The van der Waals surface area contributed by atoms with E-state index in [1.807, 2.05) is 0 Å². The first-order chi connectivity index (χ1) is 8.32. The summed E-state index contributed by atoms with van der Waals surface area (Å²) in [5.74, 6) is -0.352. The number of carbonyl (C=O) groups is 2. The van der Waals surface area contributed by atoms with Crippen LogP contribution in [0.3, 0.4) is 0 Å². The van der Waals surface area contributed by atoms with Gasteiger partial charge in [0.25, 0.3) is 0 Å². The Morgan fingerprint density at radius 3 is 2.67 bits per heavy atom. The van der Waals surface area contributed by atoms with Gasteiger partial charge in [0.2, 0.25) is 5.91 Å². The molecule has 1 rings (SSSR count). The molecule has 1 N–H and O–H groups in total. The van der Waals surface area contributed by atoms with Crippen molar-refractivity contribution >= 4 is 45.2 Å². The molecular weight excluding hydrogens is 298 g/mol. The maximum atomic E-state index is 11.9. The standard InChI is InChI=1S/C9H15NO5S3/c1-18(14,15)8-5-16-3-2-10(8)7(11)4-17-6-9(12)13/h8H,2-6H2,1H3,(H,12,13). The molecule has 1 aliphatic heterocycles. The summed E-state index contributed by atoms with van der Waals surface area (Å²) in [5.41, 5.74) is 0. The van der Waals surface area contributed by atoms with Crippen LogP contribution in [0.25, 0.3) is 0 Å². The minimum absolute atomic E-state index is 0.00296. The highest BCUT2D eigenvalue weighted by Gasteiger charge is 2.33. The van der Waals surface area contributed by atoms with Crippen molar-refractivity contribution in [1.82, 2.24) is 4.90 Å². The van der Waals surface area contributed by atoms with Crippen LogP contribution in [-0.2, 0) is 19.4 Å². The lowest BCUT2D eigenvalue weighted by Gasteiger charge is -2.33. The van der Waals surface area contributed by atoms with Crippen LogP contribution < -0.4 is 0 Å². The molecule has 1 unspecified atom stereocenters. The lowest BCUT2D eigenvalue weighted by Crippen LogP contribution is -2.50.